The Bertz CT molecular complexity index is 1180. The van der Waals surface area contributed by atoms with Crippen LogP contribution in [-0.4, -0.2) is 38.4 Å². The summed E-state index contributed by atoms with van der Waals surface area (Å²) >= 11 is 0. The van der Waals surface area contributed by atoms with E-state index in [0.29, 0.717) is 5.76 Å². The summed E-state index contributed by atoms with van der Waals surface area (Å²) in [6.45, 7) is 2.93. The van der Waals surface area contributed by atoms with Gasteiger partial charge in [0, 0.05) is 31.8 Å². The average Bonchev–Trinajstić information content (AvgIpc) is 3.38. The Kier molecular flexibility index (Phi) is 7.95. The molecule has 1 fully saturated rings. The van der Waals surface area contributed by atoms with Crippen molar-refractivity contribution in [3.63, 3.8) is 0 Å². The average molecular weight is 480 g/mol. The lowest BCUT2D eigenvalue weighted by molar-refractivity contribution is -0.117. The summed E-state index contributed by atoms with van der Waals surface area (Å²) in [5.41, 5.74) is 2.05. The Morgan fingerprint density at radius 1 is 1.00 bits per heavy atom. The van der Waals surface area contributed by atoms with Crippen molar-refractivity contribution in [1.82, 2.24) is 14.9 Å². The van der Waals surface area contributed by atoms with Gasteiger partial charge in [-0.2, -0.15) is 0 Å². The summed E-state index contributed by atoms with van der Waals surface area (Å²) in [7, 11) is -3.65. The number of benzene rings is 2. The predicted octanol–water partition coefficient (Wildman–Crippen LogP) is 3.55. The van der Waals surface area contributed by atoms with Crippen LogP contribution in [0.3, 0.4) is 0 Å². The van der Waals surface area contributed by atoms with Gasteiger partial charge in [0.15, 0.2) is 0 Å². The molecule has 1 amide bonds. The molecule has 0 bridgehead atoms. The van der Waals surface area contributed by atoms with Crippen LogP contribution in [0, 0.1) is 0 Å². The molecular weight excluding hydrogens is 450 g/mol. The molecule has 2 N–H and O–H groups in total. The minimum absolute atomic E-state index is 0.0857. The number of nitrogens with one attached hydrogen (secondary N) is 2. The van der Waals surface area contributed by atoms with Crippen molar-refractivity contribution < 1.29 is 17.6 Å². The maximum Gasteiger partial charge on any atom is 0.244 e. The summed E-state index contributed by atoms with van der Waals surface area (Å²) in [4.78, 5) is 14.9. The number of hydrogen-bond donors (Lipinski definition) is 2. The van der Waals surface area contributed by atoms with Crippen LogP contribution < -0.4 is 10.0 Å². The van der Waals surface area contributed by atoms with Crippen LogP contribution in [0.15, 0.2) is 88.4 Å². The number of piperidine rings is 1. The molecule has 1 saturated heterocycles. The molecule has 0 aliphatic carbocycles. The zero-order valence-corrected chi connectivity index (χ0v) is 19.7. The predicted molar refractivity (Wildman–Crippen MR) is 131 cm³/mol. The maximum atomic E-state index is 12.4. The standard InChI is InChI=1S/C26H29N3O4S/c30-26(28-23-14-16-29(17-15-23)20-22-5-2-1-3-6-22)13-10-21-8-11-25(12-9-21)34(31,32)27-19-24-7-4-18-33-24/h1-13,18,23,27H,14-17,19-20H2,(H,28,30)/b13-10+. The van der Waals surface area contributed by atoms with Gasteiger partial charge in [-0.1, -0.05) is 42.5 Å². The van der Waals surface area contributed by atoms with Gasteiger partial charge in [-0.25, -0.2) is 13.1 Å². The molecule has 1 aliphatic heterocycles. The third-order valence-electron chi connectivity index (χ3n) is 5.82. The molecule has 2 heterocycles. The summed E-state index contributed by atoms with van der Waals surface area (Å²) in [6.07, 6.45) is 6.52. The molecule has 7 nitrogen and oxygen atoms in total. The normalized spacial score (nSPS) is 15.5. The smallest absolute Gasteiger partial charge is 0.244 e. The number of nitrogens with zero attached hydrogens (tertiary/aromatic N) is 1. The fraction of sp³-hybridized carbons (Fsp3) is 0.269. The van der Waals surface area contributed by atoms with Crippen LogP contribution in [0.1, 0.15) is 29.7 Å². The number of amides is 1. The zero-order valence-electron chi connectivity index (χ0n) is 18.9. The summed E-state index contributed by atoms with van der Waals surface area (Å²) < 4.78 is 32.5. The molecule has 2 aromatic carbocycles. The first-order valence-electron chi connectivity index (χ1n) is 11.3. The third-order valence-corrected chi connectivity index (χ3v) is 7.23. The van der Waals surface area contributed by atoms with Crippen molar-refractivity contribution in [3.8, 4) is 0 Å². The highest BCUT2D eigenvalue weighted by molar-refractivity contribution is 7.89. The van der Waals surface area contributed by atoms with E-state index in [-0.39, 0.29) is 23.4 Å². The first kappa shape index (κ1) is 23.9. The fourth-order valence-corrected chi connectivity index (χ4v) is 4.91. The van der Waals surface area contributed by atoms with E-state index < -0.39 is 10.0 Å². The van der Waals surface area contributed by atoms with Crippen molar-refractivity contribution in [3.05, 3.63) is 96.0 Å². The van der Waals surface area contributed by atoms with Crippen LogP contribution >= 0.6 is 0 Å². The Hall–Kier alpha value is -3.20. The second kappa shape index (κ2) is 11.3. The molecule has 8 heteroatoms. The summed E-state index contributed by atoms with van der Waals surface area (Å²) in [6, 6.07) is 20.4. The molecular formula is C26H29N3O4S. The van der Waals surface area contributed by atoms with E-state index in [4.69, 9.17) is 4.42 Å². The lowest BCUT2D eigenvalue weighted by Gasteiger charge is -2.32. The van der Waals surface area contributed by atoms with Crippen LogP contribution in [0.5, 0.6) is 0 Å². The Balaban J connectivity index is 1.22. The summed E-state index contributed by atoms with van der Waals surface area (Å²) in [5.74, 6) is 0.398. The van der Waals surface area contributed by atoms with Gasteiger partial charge >= 0.3 is 0 Å². The van der Waals surface area contributed by atoms with Crippen molar-refractivity contribution >= 4 is 22.0 Å². The second-order valence-electron chi connectivity index (χ2n) is 8.35. The minimum atomic E-state index is -3.65. The van der Waals surface area contributed by atoms with E-state index in [1.165, 1.54) is 30.0 Å². The van der Waals surface area contributed by atoms with Crippen molar-refractivity contribution in [2.24, 2.45) is 0 Å². The van der Waals surface area contributed by atoms with Gasteiger partial charge in [0.05, 0.1) is 17.7 Å². The lowest BCUT2D eigenvalue weighted by atomic mass is 10.0. The molecule has 0 radical (unpaired) electrons. The van der Waals surface area contributed by atoms with E-state index in [0.717, 1.165) is 38.0 Å². The van der Waals surface area contributed by atoms with E-state index in [1.807, 2.05) is 6.07 Å². The maximum absolute atomic E-state index is 12.4. The SMILES string of the molecule is O=C(/C=C/c1ccc(S(=O)(=O)NCc2ccco2)cc1)NC1CCN(Cc2ccccc2)CC1. The van der Waals surface area contributed by atoms with Gasteiger partial charge in [0.25, 0.3) is 0 Å². The van der Waals surface area contributed by atoms with E-state index >= 15 is 0 Å². The molecule has 0 spiro atoms. The highest BCUT2D eigenvalue weighted by atomic mass is 32.2. The van der Waals surface area contributed by atoms with Gasteiger partial charge < -0.3 is 9.73 Å². The first-order chi connectivity index (χ1) is 16.5. The van der Waals surface area contributed by atoms with Crippen LogP contribution in [0.25, 0.3) is 6.08 Å². The molecule has 1 aromatic heterocycles. The van der Waals surface area contributed by atoms with Crippen molar-refractivity contribution in [2.75, 3.05) is 13.1 Å². The number of sulfonamides is 1. The Morgan fingerprint density at radius 2 is 1.74 bits per heavy atom. The molecule has 0 unspecified atom stereocenters. The second-order valence-corrected chi connectivity index (χ2v) is 10.1. The molecule has 178 valence electrons. The molecule has 1 aliphatic rings. The molecule has 0 atom stereocenters. The van der Waals surface area contributed by atoms with E-state index in [1.54, 1.807) is 30.3 Å². The topological polar surface area (TPSA) is 91.6 Å². The lowest BCUT2D eigenvalue weighted by Crippen LogP contribution is -2.43. The van der Waals surface area contributed by atoms with Crippen molar-refractivity contribution in [1.29, 1.82) is 0 Å². The number of carbonyl (C=O) groups is 1. The monoisotopic (exact) mass is 479 g/mol. The molecule has 0 saturated carbocycles. The quantitative estimate of drug-likeness (QED) is 0.458. The highest BCUT2D eigenvalue weighted by Crippen LogP contribution is 2.15. The molecule has 3 aromatic rings. The minimum Gasteiger partial charge on any atom is -0.468 e. The van der Waals surface area contributed by atoms with Gasteiger partial charge in [-0.3, -0.25) is 9.69 Å². The number of carbonyl (C=O) groups excluding carboxylic acids is 1. The number of likely N-dealkylation sites (tertiary alicyclic amines) is 1. The highest BCUT2D eigenvalue weighted by Gasteiger charge is 2.20. The largest absolute Gasteiger partial charge is 0.468 e. The van der Waals surface area contributed by atoms with Gasteiger partial charge in [0.2, 0.25) is 15.9 Å². The fourth-order valence-electron chi connectivity index (χ4n) is 3.92. The van der Waals surface area contributed by atoms with Gasteiger partial charge in [0.1, 0.15) is 5.76 Å². The van der Waals surface area contributed by atoms with Crippen LogP contribution in [0.4, 0.5) is 0 Å². The van der Waals surface area contributed by atoms with E-state index in [9.17, 15) is 13.2 Å². The molecule has 34 heavy (non-hydrogen) atoms. The van der Waals surface area contributed by atoms with Crippen molar-refractivity contribution in [2.45, 2.75) is 36.9 Å². The zero-order chi connectivity index (χ0) is 23.8. The Labute approximate surface area is 200 Å². The van der Waals surface area contributed by atoms with Gasteiger partial charge in [-0.15, -0.1) is 0 Å². The molecule has 4 rings (SSSR count). The van der Waals surface area contributed by atoms with Gasteiger partial charge in [-0.05, 0) is 54.3 Å². The summed E-state index contributed by atoms with van der Waals surface area (Å²) in [5, 5.41) is 3.07. The van der Waals surface area contributed by atoms with E-state index in [2.05, 4.69) is 39.2 Å². The van der Waals surface area contributed by atoms with Crippen LogP contribution in [0.2, 0.25) is 0 Å². The Morgan fingerprint density at radius 3 is 2.41 bits per heavy atom. The van der Waals surface area contributed by atoms with Crippen LogP contribution in [-0.2, 0) is 27.9 Å². The number of rotatable bonds is 9. The first-order valence-corrected chi connectivity index (χ1v) is 12.8. The number of hydrogen-bond acceptors (Lipinski definition) is 5. The third kappa shape index (κ3) is 6.90. The number of furan rings is 1.